The minimum Gasteiger partial charge on any atom is -0.394 e. The van der Waals surface area contributed by atoms with Crippen LogP contribution in [0.2, 0.25) is 10.2 Å². The van der Waals surface area contributed by atoms with Crippen LogP contribution in [0.25, 0.3) is 0 Å². The highest BCUT2D eigenvalue weighted by atomic mass is 35.5. The number of hydrogen-bond acceptors (Lipinski definition) is 2. The Bertz CT molecular complexity index is 379. The van der Waals surface area contributed by atoms with Crippen LogP contribution in [0.5, 0.6) is 0 Å². The number of carbonyl (C=O) groups is 1. The van der Waals surface area contributed by atoms with Gasteiger partial charge in [0.2, 0.25) is 0 Å². The van der Waals surface area contributed by atoms with Gasteiger partial charge in [0.25, 0.3) is 5.91 Å². The summed E-state index contributed by atoms with van der Waals surface area (Å²) in [6, 6.07) is 1.46. The Morgan fingerprint density at radius 3 is 2.67 bits per heavy atom. The van der Waals surface area contributed by atoms with Crippen molar-refractivity contribution in [3.8, 4) is 0 Å². The van der Waals surface area contributed by atoms with Crippen molar-refractivity contribution in [2.45, 2.75) is 18.4 Å². The number of rotatable bonds is 3. The molecule has 3 N–H and O–H groups in total. The summed E-state index contributed by atoms with van der Waals surface area (Å²) in [5.41, 5.74) is -0.119. The summed E-state index contributed by atoms with van der Waals surface area (Å²) in [6.45, 7) is -0.0408. The lowest BCUT2D eigenvalue weighted by Gasteiger charge is -2.12. The van der Waals surface area contributed by atoms with Gasteiger partial charge in [-0.3, -0.25) is 4.79 Å². The van der Waals surface area contributed by atoms with Crippen LogP contribution in [0.1, 0.15) is 23.3 Å². The van der Waals surface area contributed by atoms with E-state index in [0.717, 1.165) is 12.8 Å². The molecule has 1 amide bonds. The van der Waals surface area contributed by atoms with E-state index in [-0.39, 0.29) is 17.7 Å². The average molecular weight is 249 g/mol. The van der Waals surface area contributed by atoms with E-state index in [1.54, 1.807) is 0 Å². The largest absolute Gasteiger partial charge is 0.394 e. The first kappa shape index (κ1) is 10.8. The Morgan fingerprint density at radius 2 is 2.27 bits per heavy atom. The lowest BCUT2D eigenvalue weighted by atomic mass is 10.2. The van der Waals surface area contributed by atoms with Crippen molar-refractivity contribution in [1.82, 2.24) is 10.3 Å². The van der Waals surface area contributed by atoms with E-state index in [9.17, 15) is 4.79 Å². The molecule has 1 aromatic heterocycles. The number of H-pyrrole nitrogens is 1. The quantitative estimate of drug-likeness (QED) is 0.761. The van der Waals surface area contributed by atoms with Crippen LogP contribution in [-0.4, -0.2) is 28.1 Å². The van der Waals surface area contributed by atoms with Gasteiger partial charge < -0.3 is 15.4 Å². The first-order valence-corrected chi connectivity index (χ1v) is 5.29. The Balaban J connectivity index is 2.08. The highest BCUT2D eigenvalue weighted by molar-refractivity contribution is 6.41. The molecule has 0 saturated heterocycles. The van der Waals surface area contributed by atoms with Crippen LogP contribution in [-0.2, 0) is 0 Å². The summed E-state index contributed by atoms with van der Waals surface area (Å²) in [5, 5.41) is 12.3. The SMILES string of the molecule is O=C(NC1(CO)CC1)c1cc(Cl)c(Cl)[nH]1. The van der Waals surface area contributed by atoms with E-state index >= 15 is 0 Å². The van der Waals surface area contributed by atoms with Crippen molar-refractivity contribution in [1.29, 1.82) is 0 Å². The zero-order valence-electron chi connectivity index (χ0n) is 7.81. The second kappa shape index (κ2) is 3.70. The fourth-order valence-electron chi connectivity index (χ4n) is 1.31. The molecule has 1 fully saturated rings. The molecule has 0 aromatic carbocycles. The van der Waals surface area contributed by atoms with E-state index in [1.807, 2.05) is 0 Å². The molecule has 0 atom stereocenters. The molecule has 1 aromatic rings. The smallest absolute Gasteiger partial charge is 0.268 e. The molecule has 1 saturated carbocycles. The molecule has 15 heavy (non-hydrogen) atoms. The standard InChI is InChI=1S/C9H10Cl2N2O2/c10-5-3-6(12-7(5)11)8(15)13-9(4-14)1-2-9/h3,12,14H,1-2,4H2,(H,13,15). The second-order valence-corrected chi connectivity index (χ2v) is 4.52. The molecule has 1 heterocycles. The number of hydrogen-bond donors (Lipinski definition) is 3. The molecule has 6 heteroatoms. The highest BCUT2D eigenvalue weighted by Gasteiger charge is 2.43. The fourth-order valence-corrected chi connectivity index (χ4v) is 1.62. The van der Waals surface area contributed by atoms with Crippen LogP contribution in [0, 0.1) is 0 Å². The van der Waals surface area contributed by atoms with Crippen LogP contribution < -0.4 is 5.32 Å². The summed E-state index contributed by atoms with van der Waals surface area (Å²) in [6.07, 6.45) is 1.61. The van der Waals surface area contributed by atoms with Gasteiger partial charge in [0.15, 0.2) is 0 Å². The molecule has 0 radical (unpaired) electrons. The summed E-state index contributed by atoms with van der Waals surface area (Å²) in [5.74, 6) is -0.296. The predicted octanol–water partition coefficient (Wildman–Crippen LogP) is 1.58. The van der Waals surface area contributed by atoms with E-state index in [2.05, 4.69) is 10.3 Å². The first-order valence-electron chi connectivity index (χ1n) is 4.54. The van der Waals surface area contributed by atoms with Crippen molar-refractivity contribution in [3.63, 3.8) is 0 Å². The fraction of sp³-hybridized carbons (Fsp3) is 0.444. The van der Waals surface area contributed by atoms with E-state index < -0.39 is 5.54 Å². The minimum atomic E-state index is -0.429. The third-order valence-electron chi connectivity index (χ3n) is 2.50. The van der Waals surface area contributed by atoms with Crippen molar-refractivity contribution in [3.05, 3.63) is 21.9 Å². The molecule has 0 unspecified atom stereocenters. The highest BCUT2D eigenvalue weighted by Crippen LogP contribution is 2.35. The number of aromatic amines is 1. The van der Waals surface area contributed by atoms with Gasteiger partial charge in [-0.1, -0.05) is 23.2 Å². The number of aliphatic hydroxyl groups excluding tert-OH is 1. The van der Waals surface area contributed by atoms with Crippen LogP contribution in [0.3, 0.4) is 0 Å². The topological polar surface area (TPSA) is 65.1 Å². The number of halogens is 2. The van der Waals surface area contributed by atoms with Crippen molar-refractivity contribution < 1.29 is 9.90 Å². The van der Waals surface area contributed by atoms with Crippen LogP contribution in [0.15, 0.2) is 6.07 Å². The Kier molecular flexibility index (Phi) is 2.66. The third-order valence-corrected chi connectivity index (χ3v) is 3.20. The Morgan fingerprint density at radius 1 is 1.60 bits per heavy atom. The molecule has 0 spiro atoms. The normalized spacial score (nSPS) is 17.5. The Hall–Kier alpha value is -0.710. The number of nitrogens with one attached hydrogen (secondary N) is 2. The molecule has 2 rings (SSSR count). The number of amides is 1. The van der Waals surface area contributed by atoms with Gasteiger partial charge in [-0.05, 0) is 18.9 Å². The lowest BCUT2D eigenvalue weighted by molar-refractivity contribution is 0.0902. The predicted molar refractivity (Wildman–Crippen MR) is 57.3 cm³/mol. The van der Waals surface area contributed by atoms with E-state index in [0.29, 0.717) is 10.7 Å². The van der Waals surface area contributed by atoms with Crippen molar-refractivity contribution in [2.75, 3.05) is 6.61 Å². The zero-order valence-corrected chi connectivity index (χ0v) is 9.32. The second-order valence-electron chi connectivity index (χ2n) is 3.74. The van der Waals surface area contributed by atoms with Crippen LogP contribution >= 0.6 is 23.2 Å². The first-order chi connectivity index (χ1) is 7.06. The Labute approximate surface area is 96.6 Å². The van der Waals surface area contributed by atoms with Crippen LogP contribution in [0.4, 0.5) is 0 Å². The van der Waals surface area contributed by atoms with Gasteiger partial charge in [0, 0.05) is 0 Å². The number of aromatic nitrogens is 1. The number of carbonyl (C=O) groups excluding carboxylic acids is 1. The molecular formula is C9H10Cl2N2O2. The average Bonchev–Trinajstić information content (AvgIpc) is 2.89. The van der Waals surface area contributed by atoms with Gasteiger partial charge in [-0.25, -0.2) is 0 Å². The lowest BCUT2D eigenvalue weighted by Crippen LogP contribution is -2.39. The maximum Gasteiger partial charge on any atom is 0.268 e. The van der Waals surface area contributed by atoms with E-state index in [1.165, 1.54) is 6.07 Å². The zero-order chi connectivity index (χ0) is 11.1. The molecule has 1 aliphatic carbocycles. The minimum absolute atomic E-state index is 0.0408. The van der Waals surface area contributed by atoms with Gasteiger partial charge in [-0.2, -0.15) is 0 Å². The molecular weight excluding hydrogens is 239 g/mol. The molecule has 0 bridgehead atoms. The van der Waals surface area contributed by atoms with Gasteiger partial charge in [0.1, 0.15) is 10.8 Å². The monoisotopic (exact) mass is 248 g/mol. The van der Waals surface area contributed by atoms with Crippen molar-refractivity contribution in [2.24, 2.45) is 0 Å². The number of aliphatic hydroxyl groups is 1. The molecule has 1 aliphatic rings. The molecule has 4 nitrogen and oxygen atoms in total. The third kappa shape index (κ3) is 2.12. The maximum atomic E-state index is 11.7. The van der Waals surface area contributed by atoms with Crippen molar-refractivity contribution >= 4 is 29.1 Å². The molecule has 0 aliphatic heterocycles. The summed E-state index contributed by atoms with van der Waals surface area (Å²) in [7, 11) is 0. The summed E-state index contributed by atoms with van der Waals surface area (Å²) < 4.78 is 0. The van der Waals surface area contributed by atoms with Gasteiger partial charge in [0.05, 0.1) is 17.2 Å². The molecule has 82 valence electrons. The summed E-state index contributed by atoms with van der Waals surface area (Å²) >= 11 is 11.4. The van der Waals surface area contributed by atoms with Gasteiger partial charge in [-0.15, -0.1) is 0 Å². The van der Waals surface area contributed by atoms with Gasteiger partial charge >= 0.3 is 0 Å². The summed E-state index contributed by atoms with van der Waals surface area (Å²) in [4.78, 5) is 14.3. The van der Waals surface area contributed by atoms with E-state index in [4.69, 9.17) is 28.3 Å². The maximum absolute atomic E-state index is 11.7.